The monoisotopic (exact) mass is 208 g/mol. The second-order valence-corrected chi connectivity index (χ2v) is 3.48. The number of aromatic carboxylic acids is 1. The van der Waals surface area contributed by atoms with E-state index in [9.17, 15) is 4.79 Å². The summed E-state index contributed by atoms with van der Waals surface area (Å²) in [4.78, 5) is 14.8. The lowest BCUT2D eigenvalue weighted by Gasteiger charge is -2.07. The van der Waals surface area contributed by atoms with E-state index in [0.29, 0.717) is 17.8 Å². The highest BCUT2D eigenvalue weighted by atomic mass is 16.4. The molecule has 0 spiro atoms. The Labute approximate surface area is 89.1 Å². The molecule has 4 heteroatoms. The Balaban J connectivity index is 2.87. The summed E-state index contributed by atoms with van der Waals surface area (Å²) in [7, 11) is 0. The molecule has 15 heavy (non-hydrogen) atoms. The molecule has 0 unspecified atom stereocenters. The van der Waals surface area contributed by atoms with Gasteiger partial charge in [0.15, 0.2) is 0 Å². The summed E-state index contributed by atoms with van der Waals surface area (Å²) >= 11 is 0. The van der Waals surface area contributed by atoms with Gasteiger partial charge in [0.05, 0.1) is 5.56 Å². The van der Waals surface area contributed by atoms with Crippen LogP contribution in [0.25, 0.3) is 0 Å². The highest BCUT2D eigenvalue weighted by Crippen LogP contribution is 2.17. The van der Waals surface area contributed by atoms with Crippen molar-refractivity contribution in [1.29, 1.82) is 0 Å². The van der Waals surface area contributed by atoms with Crippen LogP contribution >= 0.6 is 0 Å². The summed E-state index contributed by atoms with van der Waals surface area (Å²) in [5, 5.41) is 8.96. The number of unbranched alkanes of at least 4 members (excludes halogenated alkanes) is 2. The number of carboxylic acid groups (broad SMARTS) is 1. The van der Waals surface area contributed by atoms with Gasteiger partial charge >= 0.3 is 5.97 Å². The highest BCUT2D eigenvalue weighted by Gasteiger charge is 2.12. The fourth-order valence-electron chi connectivity index (χ4n) is 1.52. The number of anilines is 1. The minimum absolute atomic E-state index is 0.276. The van der Waals surface area contributed by atoms with Gasteiger partial charge in [-0.1, -0.05) is 19.8 Å². The Hall–Kier alpha value is -1.58. The van der Waals surface area contributed by atoms with Crippen LogP contribution in [0.15, 0.2) is 12.3 Å². The fraction of sp³-hybridized carbons (Fsp3) is 0.455. The predicted molar refractivity (Wildman–Crippen MR) is 58.8 cm³/mol. The molecule has 1 aromatic heterocycles. The standard InChI is InChI=1S/C11H16N2O2/c1-2-3-4-5-8-9(11(14)15)6-7-13-10(8)12/h6-7H,2-5H2,1H3,(H2,12,13)(H,14,15). The Kier molecular flexibility index (Phi) is 4.09. The normalized spacial score (nSPS) is 10.2. The van der Waals surface area contributed by atoms with E-state index >= 15 is 0 Å². The lowest BCUT2D eigenvalue weighted by molar-refractivity contribution is 0.0695. The van der Waals surface area contributed by atoms with Gasteiger partial charge in [0.2, 0.25) is 0 Å². The summed E-state index contributed by atoms with van der Waals surface area (Å²) in [5.74, 6) is -0.596. The van der Waals surface area contributed by atoms with Gasteiger partial charge in [-0.2, -0.15) is 0 Å². The molecule has 3 N–H and O–H groups in total. The molecule has 0 atom stereocenters. The molecule has 0 fully saturated rings. The summed E-state index contributed by atoms with van der Waals surface area (Å²) in [6, 6.07) is 1.50. The maximum Gasteiger partial charge on any atom is 0.336 e. The molecule has 1 rings (SSSR count). The number of pyridine rings is 1. The first-order chi connectivity index (χ1) is 7.16. The maximum absolute atomic E-state index is 10.9. The van der Waals surface area contributed by atoms with Crippen molar-refractivity contribution in [2.75, 3.05) is 5.73 Å². The van der Waals surface area contributed by atoms with Crippen LogP contribution in [-0.2, 0) is 6.42 Å². The van der Waals surface area contributed by atoms with Gasteiger partial charge in [-0.15, -0.1) is 0 Å². The number of hydrogen-bond donors (Lipinski definition) is 2. The van der Waals surface area contributed by atoms with Gasteiger partial charge in [-0.25, -0.2) is 9.78 Å². The minimum Gasteiger partial charge on any atom is -0.478 e. The van der Waals surface area contributed by atoms with Gasteiger partial charge in [-0.05, 0) is 18.9 Å². The van der Waals surface area contributed by atoms with Gasteiger partial charge < -0.3 is 10.8 Å². The molecule has 0 aliphatic heterocycles. The molecule has 1 aromatic rings. The van der Waals surface area contributed by atoms with E-state index in [-0.39, 0.29) is 5.56 Å². The molecule has 0 aromatic carbocycles. The number of carboxylic acids is 1. The summed E-state index contributed by atoms with van der Waals surface area (Å²) in [5.41, 5.74) is 6.61. The molecule has 4 nitrogen and oxygen atoms in total. The zero-order valence-electron chi connectivity index (χ0n) is 8.86. The van der Waals surface area contributed by atoms with Crippen LogP contribution in [0.1, 0.15) is 42.1 Å². The second-order valence-electron chi connectivity index (χ2n) is 3.48. The molecule has 0 aliphatic rings. The van der Waals surface area contributed by atoms with E-state index < -0.39 is 5.97 Å². The largest absolute Gasteiger partial charge is 0.478 e. The van der Waals surface area contributed by atoms with Crippen molar-refractivity contribution in [2.45, 2.75) is 32.6 Å². The number of hydrogen-bond acceptors (Lipinski definition) is 3. The van der Waals surface area contributed by atoms with E-state index in [4.69, 9.17) is 10.8 Å². The first-order valence-corrected chi connectivity index (χ1v) is 5.13. The van der Waals surface area contributed by atoms with Crippen molar-refractivity contribution in [3.8, 4) is 0 Å². The number of rotatable bonds is 5. The van der Waals surface area contributed by atoms with Crippen LogP contribution in [0, 0.1) is 0 Å². The lowest BCUT2D eigenvalue weighted by Crippen LogP contribution is -2.07. The van der Waals surface area contributed by atoms with Crippen molar-refractivity contribution in [3.63, 3.8) is 0 Å². The number of carbonyl (C=O) groups is 1. The molecule has 0 saturated carbocycles. The van der Waals surface area contributed by atoms with Crippen LogP contribution in [-0.4, -0.2) is 16.1 Å². The topological polar surface area (TPSA) is 76.2 Å². The summed E-state index contributed by atoms with van der Waals surface area (Å²) in [6.45, 7) is 2.10. The van der Waals surface area contributed by atoms with Crippen molar-refractivity contribution >= 4 is 11.8 Å². The maximum atomic E-state index is 10.9. The first kappa shape index (κ1) is 11.5. The molecule has 0 amide bonds. The van der Waals surface area contributed by atoms with Crippen molar-refractivity contribution < 1.29 is 9.90 Å². The quantitative estimate of drug-likeness (QED) is 0.726. The molecule has 82 valence electrons. The van der Waals surface area contributed by atoms with E-state index in [0.717, 1.165) is 19.3 Å². The molecule has 0 bridgehead atoms. The van der Waals surface area contributed by atoms with Gasteiger partial charge in [-0.3, -0.25) is 0 Å². The molecular weight excluding hydrogens is 192 g/mol. The smallest absolute Gasteiger partial charge is 0.336 e. The summed E-state index contributed by atoms with van der Waals surface area (Å²) in [6.07, 6.45) is 5.25. The zero-order chi connectivity index (χ0) is 11.3. The first-order valence-electron chi connectivity index (χ1n) is 5.13. The van der Waals surface area contributed by atoms with Crippen LogP contribution in [0.2, 0.25) is 0 Å². The highest BCUT2D eigenvalue weighted by molar-refractivity contribution is 5.90. The number of nitrogen functional groups attached to an aromatic ring is 1. The lowest BCUT2D eigenvalue weighted by atomic mass is 10.0. The van der Waals surface area contributed by atoms with Crippen LogP contribution in [0.3, 0.4) is 0 Å². The predicted octanol–water partition coefficient (Wildman–Crippen LogP) is 2.09. The van der Waals surface area contributed by atoms with Crippen molar-refractivity contribution in [3.05, 3.63) is 23.4 Å². The third-order valence-corrected chi connectivity index (χ3v) is 2.35. The third kappa shape index (κ3) is 2.94. The SMILES string of the molecule is CCCCCc1c(C(=O)O)ccnc1N. The van der Waals surface area contributed by atoms with E-state index in [1.54, 1.807) is 0 Å². The van der Waals surface area contributed by atoms with Crippen LogP contribution in [0.5, 0.6) is 0 Å². The van der Waals surface area contributed by atoms with Gasteiger partial charge in [0.25, 0.3) is 0 Å². The average molecular weight is 208 g/mol. The van der Waals surface area contributed by atoms with Gasteiger partial charge in [0, 0.05) is 11.8 Å². The number of nitrogens with two attached hydrogens (primary N) is 1. The Bertz CT molecular complexity index is 350. The Morgan fingerprint density at radius 2 is 2.27 bits per heavy atom. The Morgan fingerprint density at radius 3 is 2.87 bits per heavy atom. The van der Waals surface area contributed by atoms with E-state index in [1.165, 1.54) is 12.3 Å². The van der Waals surface area contributed by atoms with Crippen molar-refractivity contribution in [2.24, 2.45) is 0 Å². The number of nitrogens with zero attached hydrogens (tertiary/aromatic N) is 1. The van der Waals surface area contributed by atoms with E-state index in [2.05, 4.69) is 11.9 Å². The van der Waals surface area contributed by atoms with E-state index in [1.807, 2.05) is 0 Å². The summed E-state index contributed by atoms with van der Waals surface area (Å²) < 4.78 is 0. The third-order valence-electron chi connectivity index (χ3n) is 2.35. The van der Waals surface area contributed by atoms with Crippen LogP contribution < -0.4 is 5.73 Å². The average Bonchev–Trinajstić information content (AvgIpc) is 2.20. The molecule has 0 aliphatic carbocycles. The molecule has 0 saturated heterocycles. The molecule has 1 heterocycles. The second kappa shape index (κ2) is 5.34. The molecule has 0 radical (unpaired) electrons. The minimum atomic E-state index is -0.935. The van der Waals surface area contributed by atoms with Crippen molar-refractivity contribution in [1.82, 2.24) is 4.98 Å². The molecular formula is C11H16N2O2. The fourth-order valence-corrected chi connectivity index (χ4v) is 1.52. The number of aromatic nitrogens is 1. The van der Waals surface area contributed by atoms with Gasteiger partial charge in [0.1, 0.15) is 5.82 Å². The Morgan fingerprint density at radius 1 is 1.53 bits per heavy atom. The zero-order valence-corrected chi connectivity index (χ0v) is 8.86. The van der Waals surface area contributed by atoms with Crippen LogP contribution in [0.4, 0.5) is 5.82 Å².